The zero-order valence-electron chi connectivity index (χ0n) is 16.2. The Balaban J connectivity index is 1.66. The molecule has 4 aromatic rings. The molecule has 0 fully saturated rings. The van der Waals surface area contributed by atoms with Crippen LogP contribution < -0.4 is 5.56 Å². The van der Waals surface area contributed by atoms with Crippen molar-refractivity contribution in [3.05, 3.63) is 56.5 Å². The molecule has 152 valence electrons. The van der Waals surface area contributed by atoms with E-state index in [1.807, 2.05) is 35.0 Å². The van der Waals surface area contributed by atoms with Gasteiger partial charge in [0.25, 0.3) is 5.56 Å². The minimum Gasteiger partial charge on any atom is -0.385 e. The number of rotatable bonds is 8. The number of thiophene rings is 1. The molecule has 0 radical (unpaired) electrons. The maximum atomic E-state index is 13.1. The van der Waals surface area contributed by atoms with E-state index in [1.54, 1.807) is 23.0 Å². The molecule has 9 heteroatoms. The van der Waals surface area contributed by atoms with Crippen LogP contribution in [0.25, 0.3) is 15.9 Å². The lowest BCUT2D eigenvalue weighted by atomic mass is 10.3. The van der Waals surface area contributed by atoms with E-state index in [-0.39, 0.29) is 5.56 Å². The largest absolute Gasteiger partial charge is 0.385 e. The highest BCUT2D eigenvalue weighted by atomic mass is 35.5. The van der Waals surface area contributed by atoms with E-state index >= 15 is 0 Å². The van der Waals surface area contributed by atoms with Crippen molar-refractivity contribution in [2.24, 2.45) is 0 Å². The molecule has 0 aliphatic carbocycles. The van der Waals surface area contributed by atoms with Gasteiger partial charge in [0, 0.05) is 43.3 Å². The van der Waals surface area contributed by atoms with E-state index in [2.05, 4.69) is 11.9 Å². The highest BCUT2D eigenvalue weighted by Gasteiger charge is 2.15. The molecule has 0 unspecified atom stereocenters. The number of hydrogen-bond donors (Lipinski definition) is 0. The average Bonchev–Trinajstić information content (AvgIpc) is 3.31. The van der Waals surface area contributed by atoms with Gasteiger partial charge in [0.2, 0.25) is 0 Å². The topological polar surface area (TPSA) is 61.4 Å². The molecule has 0 atom stereocenters. The molecular formula is C20H21ClN4O2S2. The third kappa shape index (κ3) is 4.35. The van der Waals surface area contributed by atoms with Crippen molar-refractivity contribution in [1.29, 1.82) is 0 Å². The maximum Gasteiger partial charge on any atom is 0.262 e. The van der Waals surface area contributed by atoms with Crippen LogP contribution in [0, 0.1) is 0 Å². The number of halogens is 1. The van der Waals surface area contributed by atoms with Crippen molar-refractivity contribution in [2.75, 3.05) is 13.7 Å². The molecule has 0 N–H and O–H groups in total. The van der Waals surface area contributed by atoms with Gasteiger partial charge in [-0.3, -0.25) is 9.36 Å². The van der Waals surface area contributed by atoms with E-state index in [0.717, 1.165) is 34.2 Å². The van der Waals surface area contributed by atoms with Crippen LogP contribution in [-0.2, 0) is 23.5 Å². The standard InChI is InChI=1S/C20H21ClN4O2S2/c1-3-15-9-16-18(29-15)23-20(25(19(16)26)7-4-8-27-2)28-12-14-11-24-10-13(21)5-6-17(24)22-14/h5-6,9-11H,3-4,7-8,12H2,1-2H3. The fourth-order valence-corrected chi connectivity index (χ4v) is 5.21. The number of aryl methyl sites for hydroxylation is 1. The number of ether oxygens (including phenoxy) is 1. The van der Waals surface area contributed by atoms with Crippen molar-refractivity contribution < 1.29 is 4.74 Å². The number of imidazole rings is 1. The number of fused-ring (bicyclic) bond motifs is 2. The number of hydrogen-bond acceptors (Lipinski definition) is 6. The van der Waals surface area contributed by atoms with Crippen LogP contribution in [0.1, 0.15) is 23.9 Å². The zero-order valence-corrected chi connectivity index (χ0v) is 18.6. The number of methoxy groups -OCH3 is 1. The Morgan fingerprint density at radius 1 is 1.28 bits per heavy atom. The van der Waals surface area contributed by atoms with Crippen molar-refractivity contribution in [3.63, 3.8) is 0 Å². The predicted molar refractivity (Wildman–Crippen MR) is 120 cm³/mol. The minimum absolute atomic E-state index is 0.0198. The first-order chi connectivity index (χ1) is 14.1. The highest BCUT2D eigenvalue weighted by Crippen LogP contribution is 2.27. The number of thioether (sulfide) groups is 1. The fourth-order valence-electron chi connectivity index (χ4n) is 3.12. The summed E-state index contributed by atoms with van der Waals surface area (Å²) in [4.78, 5) is 24.5. The molecule has 0 saturated heterocycles. The number of aromatic nitrogens is 4. The summed E-state index contributed by atoms with van der Waals surface area (Å²) < 4.78 is 8.84. The van der Waals surface area contributed by atoms with E-state index < -0.39 is 0 Å². The highest BCUT2D eigenvalue weighted by molar-refractivity contribution is 7.98. The molecule has 29 heavy (non-hydrogen) atoms. The smallest absolute Gasteiger partial charge is 0.262 e. The molecule has 0 amide bonds. The van der Waals surface area contributed by atoms with Crippen molar-refractivity contribution in [1.82, 2.24) is 18.9 Å². The van der Waals surface area contributed by atoms with Crippen LogP contribution in [0.4, 0.5) is 0 Å². The molecule has 4 aromatic heterocycles. The first-order valence-corrected chi connectivity index (χ1v) is 11.5. The van der Waals surface area contributed by atoms with Gasteiger partial charge in [0.15, 0.2) is 5.16 Å². The molecule has 0 bridgehead atoms. The first kappa shape index (κ1) is 20.4. The average molecular weight is 449 g/mol. The van der Waals surface area contributed by atoms with Crippen LogP contribution in [-0.4, -0.2) is 32.7 Å². The van der Waals surface area contributed by atoms with Gasteiger partial charge in [0.1, 0.15) is 10.5 Å². The quantitative estimate of drug-likeness (QED) is 0.223. The van der Waals surface area contributed by atoms with Crippen LogP contribution >= 0.6 is 34.7 Å². The molecule has 4 rings (SSSR count). The summed E-state index contributed by atoms with van der Waals surface area (Å²) in [7, 11) is 1.67. The van der Waals surface area contributed by atoms with Crippen molar-refractivity contribution >= 4 is 50.6 Å². The second-order valence-electron chi connectivity index (χ2n) is 6.62. The van der Waals surface area contributed by atoms with E-state index in [1.165, 1.54) is 16.6 Å². The third-order valence-electron chi connectivity index (χ3n) is 4.56. The van der Waals surface area contributed by atoms with Gasteiger partial charge < -0.3 is 9.14 Å². The lowest BCUT2D eigenvalue weighted by Crippen LogP contribution is -2.23. The summed E-state index contributed by atoms with van der Waals surface area (Å²) in [5, 5.41) is 2.09. The van der Waals surface area contributed by atoms with E-state index in [4.69, 9.17) is 21.3 Å². The zero-order chi connectivity index (χ0) is 20.4. The molecule has 0 aromatic carbocycles. The summed E-state index contributed by atoms with van der Waals surface area (Å²) >= 11 is 9.18. The molecule has 6 nitrogen and oxygen atoms in total. The molecule has 4 heterocycles. The summed E-state index contributed by atoms with van der Waals surface area (Å²) in [5.74, 6) is 0.619. The van der Waals surface area contributed by atoms with Gasteiger partial charge in [-0.2, -0.15) is 0 Å². The van der Waals surface area contributed by atoms with Crippen molar-refractivity contribution in [2.45, 2.75) is 37.2 Å². The first-order valence-electron chi connectivity index (χ1n) is 9.37. The fraction of sp³-hybridized carbons (Fsp3) is 0.350. The number of pyridine rings is 1. The summed E-state index contributed by atoms with van der Waals surface area (Å²) in [5.41, 5.74) is 1.78. The Hall–Kier alpha value is -1.87. The Bertz CT molecular complexity index is 1210. The van der Waals surface area contributed by atoms with Gasteiger partial charge in [-0.1, -0.05) is 30.3 Å². The van der Waals surface area contributed by atoms with Crippen LogP contribution in [0.5, 0.6) is 0 Å². The summed E-state index contributed by atoms with van der Waals surface area (Å²) in [6, 6.07) is 5.69. The van der Waals surface area contributed by atoms with Gasteiger partial charge in [-0.15, -0.1) is 11.3 Å². The molecule has 0 saturated carbocycles. The molecule has 0 spiro atoms. The maximum absolute atomic E-state index is 13.1. The Morgan fingerprint density at radius 2 is 2.14 bits per heavy atom. The number of nitrogens with zero attached hydrogens (tertiary/aromatic N) is 4. The Morgan fingerprint density at radius 3 is 2.93 bits per heavy atom. The summed E-state index contributed by atoms with van der Waals surface area (Å²) in [6.07, 6.45) is 5.45. The monoisotopic (exact) mass is 448 g/mol. The third-order valence-corrected chi connectivity index (χ3v) is 6.97. The van der Waals surface area contributed by atoms with Gasteiger partial charge in [-0.05, 0) is 31.0 Å². The van der Waals surface area contributed by atoms with E-state index in [9.17, 15) is 4.79 Å². The van der Waals surface area contributed by atoms with E-state index in [0.29, 0.717) is 29.3 Å². The predicted octanol–water partition coefficient (Wildman–Crippen LogP) is 4.65. The normalized spacial score (nSPS) is 11.7. The second kappa shape index (κ2) is 8.87. The van der Waals surface area contributed by atoms with Gasteiger partial charge >= 0.3 is 0 Å². The second-order valence-corrected chi connectivity index (χ2v) is 9.11. The minimum atomic E-state index is 0.0198. The lowest BCUT2D eigenvalue weighted by molar-refractivity contribution is 0.189. The van der Waals surface area contributed by atoms with Crippen molar-refractivity contribution in [3.8, 4) is 0 Å². The van der Waals surface area contributed by atoms with Gasteiger partial charge in [0.05, 0.1) is 16.1 Å². The molecular weight excluding hydrogens is 428 g/mol. The van der Waals surface area contributed by atoms with Gasteiger partial charge in [-0.25, -0.2) is 9.97 Å². The van der Waals surface area contributed by atoms with Crippen LogP contribution in [0.2, 0.25) is 5.02 Å². The Kier molecular flexibility index (Phi) is 6.24. The Labute approximate surface area is 181 Å². The SMILES string of the molecule is CCc1cc2c(=O)n(CCCOC)c(SCc3cn4cc(Cl)ccc4n3)nc2s1. The van der Waals surface area contributed by atoms with Crippen LogP contribution in [0.15, 0.2) is 40.5 Å². The lowest BCUT2D eigenvalue weighted by Gasteiger charge is -2.11. The summed E-state index contributed by atoms with van der Waals surface area (Å²) in [6.45, 7) is 3.27. The molecule has 0 aliphatic rings. The van der Waals surface area contributed by atoms with Crippen LogP contribution in [0.3, 0.4) is 0 Å². The molecule has 0 aliphatic heterocycles.